The highest BCUT2D eigenvalue weighted by molar-refractivity contribution is 5.93. The molecule has 146 valence electrons. The Kier molecular flexibility index (Phi) is 4.89. The number of hydrogen-bond donors (Lipinski definition) is 1. The number of benzene rings is 1. The maximum atomic E-state index is 13.0. The molecule has 1 aromatic heterocycles. The van der Waals surface area contributed by atoms with Crippen molar-refractivity contribution in [3.63, 3.8) is 0 Å². The Labute approximate surface area is 149 Å². The molecule has 1 heterocycles. The van der Waals surface area contributed by atoms with Gasteiger partial charge in [-0.25, -0.2) is 4.98 Å². The van der Waals surface area contributed by atoms with Gasteiger partial charge < -0.3 is 9.72 Å². The summed E-state index contributed by atoms with van der Waals surface area (Å²) in [6, 6.07) is 0.583. The summed E-state index contributed by atoms with van der Waals surface area (Å²) in [4.78, 5) is 25.7. The number of nitrogens with zero attached hydrogens (tertiary/aromatic N) is 3. The molecular weight excluding hydrogens is 373 g/mol. The molecule has 1 N–H and O–H groups in total. The Morgan fingerprint density at radius 3 is 2.33 bits per heavy atom. The number of hydrogen-bond acceptors (Lipinski definition) is 6. The summed E-state index contributed by atoms with van der Waals surface area (Å²) in [6.07, 6.45) is -0.167. The molecule has 9 nitrogen and oxygen atoms in total. The fraction of sp³-hybridized carbons (Fsp3) is 0.533. The van der Waals surface area contributed by atoms with Crippen LogP contribution in [-0.2, 0) is 6.18 Å². The topological polar surface area (TPSA) is 124 Å². The van der Waals surface area contributed by atoms with E-state index in [1.165, 1.54) is 0 Å². The van der Waals surface area contributed by atoms with Crippen molar-refractivity contribution in [2.45, 2.75) is 38.3 Å². The molecule has 0 radical (unpaired) electrons. The Hall–Kier alpha value is -2.92. The summed E-state index contributed by atoms with van der Waals surface area (Å²) in [5.41, 5.74) is -2.80. The number of ether oxygens (including phenoxy) is 1. The van der Waals surface area contributed by atoms with Gasteiger partial charge in [0.05, 0.1) is 16.5 Å². The molecule has 0 saturated heterocycles. The van der Waals surface area contributed by atoms with Crippen LogP contribution in [0.5, 0.6) is 5.75 Å². The van der Waals surface area contributed by atoms with E-state index in [-0.39, 0.29) is 12.5 Å². The zero-order valence-electron chi connectivity index (χ0n) is 13.9. The molecule has 2 aromatic rings. The van der Waals surface area contributed by atoms with Crippen LogP contribution in [0.3, 0.4) is 0 Å². The highest BCUT2D eigenvalue weighted by Crippen LogP contribution is 2.42. The minimum Gasteiger partial charge on any atom is -0.485 e. The number of alkyl halides is 3. The number of nitrogens with one attached hydrogen (secondary N) is 1. The van der Waals surface area contributed by atoms with E-state index in [4.69, 9.17) is 4.74 Å². The van der Waals surface area contributed by atoms with E-state index in [9.17, 15) is 33.4 Å². The zero-order valence-corrected chi connectivity index (χ0v) is 13.9. The number of aromatic amines is 1. The molecule has 0 atom stereocenters. The van der Waals surface area contributed by atoms with Gasteiger partial charge in [0.15, 0.2) is 5.52 Å². The number of non-ortho nitro benzene ring substituents is 1. The number of fused-ring (bicyclic) bond motifs is 1. The van der Waals surface area contributed by atoms with Crippen LogP contribution in [-0.4, -0.2) is 26.4 Å². The van der Waals surface area contributed by atoms with Gasteiger partial charge in [0.2, 0.25) is 11.6 Å². The van der Waals surface area contributed by atoms with Gasteiger partial charge in [-0.15, -0.1) is 0 Å². The van der Waals surface area contributed by atoms with Crippen molar-refractivity contribution in [1.82, 2.24) is 9.97 Å². The van der Waals surface area contributed by atoms with Crippen molar-refractivity contribution in [3.8, 4) is 5.75 Å². The van der Waals surface area contributed by atoms with E-state index < -0.39 is 50.0 Å². The summed E-state index contributed by atoms with van der Waals surface area (Å²) in [5.74, 6) is -1.83. The van der Waals surface area contributed by atoms with E-state index in [1.54, 1.807) is 0 Å². The van der Waals surface area contributed by atoms with E-state index >= 15 is 0 Å². The van der Waals surface area contributed by atoms with Gasteiger partial charge in [-0.3, -0.25) is 20.2 Å². The van der Waals surface area contributed by atoms with Crippen molar-refractivity contribution in [2.75, 3.05) is 6.61 Å². The van der Waals surface area contributed by atoms with Crippen LogP contribution in [0.15, 0.2) is 6.07 Å². The van der Waals surface area contributed by atoms with E-state index in [0.29, 0.717) is 6.07 Å². The Bertz CT molecular complexity index is 890. The van der Waals surface area contributed by atoms with E-state index in [2.05, 4.69) is 4.98 Å². The Morgan fingerprint density at radius 1 is 1.15 bits per heavy atom. The van der Waals surface area contributed by atoms with Crippen LogP contribution >= 0.6 is 0 Å². The first-order valence-corrected chi connectivity index (χ1v) is 8.24. The molecule has 0 unspecified atom stereocenters. The van der Waals surface area contributed by atoms with E-state index in [0.717, 1.165) is 32.1 Å². The molecule has 0 bridgehead atoms. The molecule has 1 saturated carbocycles. The monoisotopic (exact) mass is 388 g/mol. The van der Waals surface area contributed by atoms with Gasteiger partial charge in [0, 0.05) is 0 Å². The average Bonchev–Trinajstić information content (AvgIpc) is 3.05. The molecule has 3 rings (SSSR count). The smallest absolute Gasteiger partial charge is 0.449 e. The number of nitro groups is 2. The normalized spacial score (nSPS) is 15.8. The molecule has 1 aromatic carbocycles. The van der Waals surface area contributed by atoms with Crippen molar-refractivity contribution < 1.29 is 27.8 Å². The molecule has 0 spiro atoms. The molecular formula is C15H15F3N4O5. The van der Waals surface area contributed by atoms with Crippen molar-refractivity contribution >= 4 is 22.4 Å². The minimum atomic E-state index is -4.90. The van der Waals surface area contributed by atoms with E-state index in [1.807, 2.05) is 4.98 Å². The van der Waals surface area contributed by atoms with Crippen LogP contribution in [0.4, 0.5) is 24.5 Å². The number of imidazole rings is 1. The number of halogens is 3. The first kappa shape index (κ1) is 18.9. The third-order valence-corrected chi connectivity index (χ3v) is 4.53. The molecule has 12 heteroatoms. The van der Waals surface area contributed by atoms with Crippen LogP contribution in [0.1, 0.15) is 37.9 Å². The van der Waals surface area contributed by atoms with Gasteiger partial charge in [0.1, 0.15) is 11.6 Å². The molecule has 1 aliphatic carbocycles. The molecule has 0 aliphatic heterocycles. The summed E-state index contributed by atoms with van der Waals surface area (Å²) in [7, 11) is 0. The highest BCUT2D eigenvalue weighted by atomic mass is 19.4. The Balaban J connectivity index is 2.11. The van der Waals surface area contributed by atoms with Gasteiger partial charge in [-0.05, 0) is 18.8 Å². The second-order valence-corrected chi connectivity index (χ2v) is 6.38. The average molecular weight is 388 g/mol. The quantitative estimate of drug-likeness (QED) is 0.599. The predicted octanol–water partition coefficient (Wildman–Crippen LogP) is 4.36. The lowest BCUT2D eigenvalue weighted by Crippen LogP contribution is -2.16. The molecule has 0 amide bonds. The largest absolute Gasteiger partial charge is 0.485 e. The SMILES string of the molecule is O=[N+]([O-])c1cc([N+](=O)[O-])c2nc(C(F)(F)F)[nH]c2c1OCC1CCCCC1. The number of nitro benzene ring substituents is 2. The standard InChI is InChI=1S/C15H15F3N4O5/c16-15(17,18)14-19-11-9(21(23)24)6-10(22(25)26)13(12(11)20-14)27-7-8-4-2-1-3-5-8/h6,8H,1-5,7H2,(H,19,20). The maximum absolute atomic E-state index is 13.0. The molecule has 1 fully saturated rings. The summed E-state index contributed by atoms with van der Waals surface area (Å²) >= 11 is 0. The van der Waals surface area contributed by atoms with Gasteiger partial charge in [-0.1, -0.05) is 19.3 Å². The lowest BCUT2D eigenvalue weighted by atomic mass is 9.90. The zero-order chi connectivity index (χ0) is 19.8. The lowest BCUT2D eigenvalue weighted by molar-refractivity contribution is -0.393. The highest BCUT2D eigenvalue weighted by Gasteiger charge is 2.38. The van der Waals surface area contributed by atoms with Crippen LogP contribution in [0.25, 0.3) is 11.0 Å². The number of rotatable bonds is 5. The lowest BCUT2D eigenvalue weighted by Gasteiger charge is -2.21. The molecule has 27 heavy (non-hydrogen) atoms. The predicted molar refractivity (Wildman–Crippen MR) is 86.5 cm³/mol. The second kappa shape index (κ2) is 7.00. The summed E-state index contributed by atoms with van der Waals surface area (Å²) in [5, 5.41) is 22.5. The van der Waals surface area contributed by atoms with Crippen molar-refractivity contribution in [2.24, 2.45) is 5.92 Å². The second-order valence-electron chi connectivity index (χ2n) is 6.38. The van der Waals surface area contributed by atoms with Crippen LogP contribution < -0.4 is 4.74 Å². The fourth-order valence-electron chi connectivity index (χ4n) is 3.22. The maximum Gasteiger partial charge on any atom is 0.449 e. The first-order valence-electron chi connectivity index (χ1n) is 8.24. The summed E-state index contributed by atoms with van der Waals surface area (Å²) in [6.45, 7) is 0.0775. The minimum absolute atomic E-state index is 0.0775. The number of aromatic nitrogens is 2. The van der Waals surface area contributed by atoms with Gasteiger partial charge >= 0.3 is 17.6 Å². The molecule has 1 aliphatic rings. The third-order valence-electron chi connectivity index (χ3n) is 4.53. The van der Waals surface area contributed by atoms with Gasteiger partial charge in [0.25, 0.3) is 0 Å². The summed E-state index contributed by atoms with van der Waals surface area (Å²) < 4.78 is 44.5. The van der Waals surface area contributed by atoms with Crippen LogP contribution in [0, 0.1) is 26.1 Å². The first-order chi connectivity index (χ1) is 12.7. The van der Waals surface area contributed by atoms with Crippen molar-refractivity contribution in [1.29, 1.82) is 0 Å². The fourth-order valence-corrected chi connectivity index (χ4v) is 3.22. The number of H-pyrrole nitrogens is 1. The Morgan fingerprint density at radius 2 is 1.78 bits per heavy atom. The van der Waals surface area contributed by atoms with Gasteiger partial charge in [-0.2, -0.15) is 13.2 Å². The third kappa shape index (κ3) is 3.78. The van der Waals surface area contributed by atoms with Crippen molar-refractivity contribution in [3.05, 3.63) is 32.1 Å². The van der Waals surface area contributed by atoms with Crippen LogP contribution in [0.2, 0.25) is 0 Å².